The maximum atomic E-state index is 11.8. The summed E-state index contributed by atoms with van der Waals surface area (Å²) < 4.78 is 5.13. The number of carbonyl (C=O) groups excluding carboxylic acids is 1. The summed E-state index contributed by atoms with van der Waals surface area (Å²) in [6.07, 6.45) is 0.820. The summed E-state index contributed by atoms with van der Waals surface area (Å²) in [7, 11) is 0. The number of rotatable bonds is 6. The van der Waals surface area contributed by atoms with Crippen LogP contribution in [0.1, 0.15) is 29.3 Å². The van der Waals surface area contributed by atoms with Gasteiger partial charge in [-0.1, -0.05) is 36.7 Å². The summed E-state index contributed by atoms with van der Waals surface area (Å²) in [6.45, 7) is 3.09. The second kappa shape index (κ2) is 7.70. The highest BCUT2D eigenvalue weighted by atomic mass is 35.5. The van der Waals surface area contributed by atoms with Crippen LogP contribution < -0.4 is 5.32 Å². The van der Waals surface area contributed by atoms with Crippen LogP contribution in [0.3, 0.4) is 0 Å². The molecule has 1 N–H and O–H groups in total. The van der Waals surface area contributed by atoms with Crippen molar-refractivity contribution >= 4 is 23.3 Å². The third-order valence-electron chi connectivity index (χ3n) is 2.95. The number of carbonyl (C=O) groups is 1. The Morgan fingerprint density at radius 2 is 1.95 bits per heavy atom. The van der Waals surface area contributed by atoms with Crippen LogP contribution in [-0.2, 0) is 11.3 Å². The van der Waals surface area contributed by atoms with Gasteiger partial charge < -0.3 is 10.1 Å². The molecule has 0 radical (unpaired) electrons. The normalized spacial score (nSPS) is 10.2. The van der Waals surface area contributed by atoms with Gasteiger partial charge in [0, 0.05) is 17.3 Å². The van der Waals surface area contributed by atoms with Crippen molar-refractivity contribution in [2.75, 3.05) is 11.9 Å². The van der Waals surface area contributed by atoms with E-state index >= 15 is 0 Å². The van der Waals surface area contributed by atoms with E-state index in [1.807, 2.05) is 43.3 Å². The van der Waals surface area contributed by atoms with Crippen LogP contribution in [0.2, 0.25) is 5.02 Å². The van der Waals surface area contributed by atoms with Gasteiger partial charge in [0.15, 0.2) is 0 Å². The number of ether oxygens (including phenoxy) is 1. The molecule has 0 atom stereocenters. The number of benzene rings is 2. The molecular formula is C17H18ClNO2. The first-order valence-corrected chi connectivity index (χ1v) is 7.32. The molecule has 0 unspecified atom stereocenters. The largest absolute Gasteiger partial charge is 0.462 e. The highest BCUT2D eigenvalue weighted by Crippen LogP contribution is 2.14. The van der Waals surface area contributed by atoms with Crippen LogP contribution in [0, 0.1) is 0 Å². The Labute approximate surface area is 129 Å². The van der Waals surface area contributed by atoms with Gasteiger partial charge in [-0.15, -0.1) is 0 Å². The van der Waals surface area contributed by atoms with Gasteiger partial charge in [0.25, 0.3) is 0 Å². The van der Waals surface area contributed by atoms with Crippen molar-refractivity contribution in [1.29, 1.82) is 0 Å². The van der Waals surface area contributed by atoms with Gasteiger partial charge in [-0.05, 0) is 42.3 Å². The fourth-order valence-corrected chi connectivity index (χ4v) is 1.97. The Hall–Kier alpha value is -2.00. The predicted molar refractivity (Wildman–Crippen MR) is 85.8 cm³/mol. The molecule has 2 rings (SSSR count). The zero-order valence-electron chi connectivity index (χ0n) is 11.9. The second-order valence-electron chi connectivity index (χ2n) is 4.70. The molecule has 0 fully saturated rings. The zero-order valence-corrected chi connectivity index (χ0v) is 12.7. The van der Waals surface area contributed by atoms with E-state index in [0.29, 0.717) is 18.7 Å². The first-order valence-electron chi connectivity index (χ1n) is 6.94. The Kier molecular flexibility index (Phi) is 5.64. The molecule has 0 bridgehead atoms. The molecule has 21 heavy (non-hydrogen) atoms. The predicted octanol–water partition coefficient (Wildman–Crippen LogP) is 4.52. The van der Waals surface area contributed by atoms with E-state index in [0.717, 1.165) is 22.7 Å². The van der Waals surface area contributed by atoms with E-state index in [2.05, 4.69) is 5.32 Å². The number of halogens is 1. The minimum atomic E-state index is -0.285. The SMILES string of the molecule is CCCOC(=O)c1cccc(NCc2ccc(Cl)cc2)c1. The number of hydrogen-bond acceptors (Lipinski definition) is 3. The van der Waals surface area contributed by atoms with E-state index in [1.165, 1.54) is 0 Å². The molecule has 0 saturated heterocycles. The van der Waals surface area contributed by atoms with Crippen LogP contribution in [0.25, 0.3) is 0 Å². The van der Waals surface area contributed by atoms with Crippen molar-refractivity contribution in [2.45, 2.75) is 19.9 Å². The highest BCUT2D eigenvalue weighted by molar-refractivity contribution is 6.30. The summed E-state index contributed by atoms with van der Waals surface area (Å²) >= 11 is 5.85. The third kappa shape index (κ3) is 4.80. The van der Waals surface area contributed by atoms with E-state index in [-0.39, 0.29) is 5.97 Å². The average molecular weight is 304 g/mol. The standard InChI is InChI=1S/C17H18ClNO2/c1-2-10-21-17(20)14-4-3-5-16(11-14)19-12-13-6-8-15(18)9-7-13/h3-9,11,19H,2,10,12H2,1H3. The quantitative estimate of drug-likeness (QED) is 0.797. The van der Waals surface area contributed by atoms with Crippen molar-refractivity contribution in [3.63, 3.8) is 0 Å². The number of nitrogens with one attached hydrogen (secondary N) is 1. The highest BCUT2D eigenvalue weighted by Gasteiger charge is 2.07. The molecule has 3 nitrogen and oxygen atoms in total. The molecule has 0 amide bonds. The molecule has 0 aromatic heterocycles. The second-order valence-corrected chi connectivity index (χ2v) is 5.13. The lowest BCUT2D eigenvalue weighted by atomic mass is 10.2. The van der Waals surface area contributed by atoms with Crippen LogP contribution in [0.4, 0.5) is 5.69 Å². The van der Waals surface area contributed by atoms with Crippen LogP contribution in [-0.4, -0.2) is 12.6 Å². The van der Waals surface area contributed by atoms with E-state index in [4.69, 9.17) is 16.3 Å². The van der Waals surface area contributed by atoms with E-state index < -0.39 is 0 Å². The first-order chi connectivity index (χ1) is 10.2. The number of esters is 1. The zero-order chi connectivity index (χ0) is 15.1. The topological polar surface area (TPSA) is 38.3 Å². The van der Waals surface area contributed by atoms with E-state index in [9.17, 15) is 4.79 Å². The van der Waals surface area contributed by atoms with Gasteiger partial charge in [0.1, 0.15) is 0 Å². The first kappa shape index (κ1) is 15.4. The molecule has 2 aromatic carbocycles. The number of anilines is 1. The van der Waals surface area contributed by atoms with E-state index in [1.54, 1.807) is 12.1 Å². The van der Waals surface area contributed by atoms with Crippen molar-refractivity contribution in [2.24, 2.45) is 0 Å². The molecule has 0 saturated carbocycles. The van der Waals surface area contributed by atoms with Crippen molar-refractivity contribution in [1.82, 2.24) is 0 Å². The molecule has 0 heterocycles. The summed E-state index contributed by atoms with van der Waals surface area (Å²) in [5.74, 6) is -0.285. The Morgan fingerprint density at radius 3 is 2.67 bits per heavy atom. The van der Waals surface area contributed by atoms with Gasteiger partial charge in [0.2, 0.25) is 0 Å². The summed E-state index contributed by atoms with van der Waals surface area (Å²) in [6, 6.07) is 15.0. The van der Waals surface area contributed by atoms with Crippen molar-refractivity contribution < 1.29 is 9.53 Å². The van der Waals surface area contributed by atoms with Gasteiger partial charge in [-0.25, -0.2) is 4.79 Å². The molecule has 0 aliphatic carbocycles. The minimum absolute atomic E-state index is 0.285. The molecule has 2 aromatic rings. The molecule has 110 valence electrons. The monoisotopic (exact) mass is 303 g/mol. The van der Waals surface area contributed by atoms with Crippen LogP contribution in [0.5, 0.6) is 0 Å². The van der Waals surface area contributed by atoms with Gasteiger partial charge in [-0.3, -0.25) is 0 Å². The Bertz CT molecular complexity index is 596. The maximum Gasteiger partial charge on any atom is 0.338 e. The Morgan fingerprint density at radius 1 is 1.19 bits per heavy atom. The fourth-order valence-electron chi connectivity index (χ4n) is 1.84. The molecule has 0 spiro atoms. The Balaban J connectivity index is 1.97. The average Bonchev–Trinajstić information content (AvgIpc) is 2.52. The van der Waals surface area contributed by atoms with Crippen LogP contribution in [0.15, 0.2) is 48.5 Å². The lowest BCUT2D eigenvalue weighted by Crippen LogP contribution is -2.07. The minimum Gasteiger partial charge on any atom is -0.462 e. The smallest absolute Gasteiger partial charge is 0.338 e. The third-order valence-corrected chi connectivity index (χ3v) is 3.20. The summed E-state index contributed by atoms with van der Waals surface area (Å²) in [5, 5.41) is 4.00. The lowest BCUT2D eigenvalue weighted by molar-refractivity contribution is 0.0505. The molecule has 4 heteroatoms. The van der Waals surface area contributed by atoms with Crippen LogP contribution >= 0.6 is 11.6 Å². The van der Waals surface area contributed by atoms with Gasteiger partial charge in [0.05, 0.1) is 12.2 Å². The van der Waals surface area contributed by atoms with Gasteiger partial charge in [-0.2, -0.15) is 0 Å². The lowest BCUT2D eigenvalue weighted by Gasteiger charge is -2.09. The number of hydrogen-bond donors (Lipinski definition) is 1. The maximum absolute atomic E-state index is 11.8. The van der Waals surface area contributed by atoms with Gasteiger partial charge >= 0.3 is 5.97 Å². The van der Waals surface area contributed by atoms with Crippen molar-refractivity contribution in [3.8, 4) is 0 Å². The fraction of sp³-hybridized carbons (Fsp3) is 0.235. The molecule has 0 aliphatic heterocycles. The summed E-state index contributed by atoms with van der Waals surface area (Å²) in [5.41, 5.74) is 2.57. The molecular weight excluding hydrogens is 286 g/mol. The summed E-state index contributed by atoms with van der Waals surface area (Å²) in [4.78, 5) is 11.8. The molecule has 0 aliphatic rings. The van der Waals surface area contributed by atoms with Crippen molar-refractivity contribution in [3.05, 3.63) is 64.7 Å².